The van der Waals surface area contributed by atoms with Gasteiger partial charge in [0.15, 0.2) is 0 Å². The van der Waals surface area contributed by atoms with Gasteiger partial charge < -0.3 is 16.0 Å². The molecule has 1 fully saturated rings. The summed E-state index contributed by atoms with van der Waals surface area (Å²) in [5, 5.41) is 2.85. The van der Waals surface area contributed by atoms with Gasteiger partial charge in [-0.15, -0.1) is 0 Å². The van der Waals surface area contributed by atoms with E-state index in [4.69, 9.17) is 5.73 Å². The second-order valence-electron chi connectivity index (χ2n) is 8.00. The number of benzene rings is 3. The van der Waals surface area contributed by atoms with Crippen molar-refractivity contribution in [2.24, 2.45) is 5.73 Å². The fourth-order valence-electron chi connectivity index (χ4n) is 4.05. The first-order valence-corrected chi connectivity index (χ1v) is 10.6. The maximum Gasteiger partial charge on any atom is 0.249 e. The molecule has 1 heterocycles. The minimum absolute atomic E-state index is 0.124. The Morgan fingerprint density at radius 1 is 0.938 bits per heavy atom. The first kappa shape index (κ1) is 21.3. The second-order valence-corrected chi connectivity index (χ2v) is 8.00. The number of nitrogens with zero attached hydrogens (tertiary/aromatic N) is 1. The number of nitrogens with two attached hydrogens (primary N) is 1. The maximum absolute atomic E-state index is 13.3. The molecule has 3 aromatic carbocycles. The van der Waals surface area contributed by atoms with Crippen molar-refractivity contribution in [2.45, 2.75) is 32.0 Å². The molecule has 0 bridgehead atoms. The molecule has 32 heavy (non-hydrogen) atoms. The molecular weight excluding hydrogens is 402 g/mol. The molecule has 1 aliphatic heterocycles. The Morgan fingerprint density at radius 2 is 1.59 bits per heavy atom. The van der Waals surface area contributed by atoms with Crippen LogP contribution < -0.4 is 11.1 Å². The third-order valence-electron chi connectivity index (χ3n) is 5.81. The van der Waals surface area contributed by atoms with Crippen molar-refractivity contribution in [1.82, 2.24) is 10.2 Å². The van der Waals surface area contributed by atoms with E-state index < -0.39 is 18.0 Å². The molecule has 1 aliphatic rings. The SMILES string of the molecule is CC1C(=O)NC(Cc2ccccc2)C(=O)N1Cc1ccc(C(N)=O)c(-c2ccccc2)c1. The van der Waals surface area contributed by atoms with Crippen LogP contribution in [0.15, 0.2) is 78.9 Å². The molecule has 0 spiro atoms. The van der Waals surface area contributed by atoms with E-state index in [9.17, 15) is 14.4 Å². The van der Waals surface area contributed by atoms with Gasteiger partial charge in [-0.25, -0.2) is 0 Å². The van der Waals surface area contributed by atoms with Crippen LogP contribution in [0.3, 0.4) is 0 Å². The molecule has 3 amide bonds. The summed E-state index contributed by atoms with van der Waals surface area (Å²) < 4.78 is 0. The van der Waals surface area contributed by atoms with Crippen LogP contribution in [0.5, 0.6) is 0 Å². The molecule has 6 heteroatoms. The minimum atomic E-state index is -0.611. The van der Waals surface area contributed by atoms with Crippen LogP contribution in [0, 0.1) is 0 Å². The van der Waals surface area contributed by atoms with Gasteiger partial charge in [0.2, 0.25) is 17.7 Å². The molecule has 1 saturated heterocycles. The van der Waals surface area contributed by atoms with Gasteiger partial charge in [0, 0.05) is 18.5 Å². The highest BCUT2D eigenvalue weighted by Crippen LogP contribution is 2.26. The zero-order chi connectivity index (χ0) is 22.7. The van der Waals surface area contributed by atoms with Crippen LogP contribution in [0.25, 0.3) is 11.1 Å². The average molecular weight is 428 g/mol. The fraction of sp³-hybridized carbons (Fsp3) is 0.192. The zero-order valence-corrected chi connectivity index (χ0v) is 17.8. The molecule has 3 N–H and O–H groups in total. The molecule has 162 valence electrons. The molecule has 6 nitrogen and oxygen atoms in total. The number of nitrogens with one attached hydrogen (secondary N) is 1. The van der Waals surface area contributed by atoms with E-state index in [1.54, 1.807) is 24.0 Å². The zero-order valence-electron chi connectivity index (χ0n) is 17.8. The van der Waals surface area contributed by atoms with E-state index >= 15 is 0 Å². The molecular formula is C26H25N3O3. The van der Waals surface area contributed by atoms with Gasteiger partial charge in [0.05, 0.1) is 0 Å². The third kappa shape index (κ3) is 4.39. The molecule has 3 aromatic rings. The molecule has 2 atom stereocenters. The van der Waals surface area contributed by atoms with Gasteiger partial charge in [0.1, 0.15) is 12.1 Å². The van der Waals surface area contributed by atoms with Crippen molar-refractivity contribution < 1.29 is 14.4 Å². The summed E-state index contributed by atoms with van der Waals surface area (Å²) in [6, 6.07) is 23.2. The first-order chi connectivity index (χ1) is 15.4. The van der Waals surface area contributed by atoms with Crippen LogP contribution in [0.4, 0.5) is 0 Å². The predicted molar refractivity (Wildman–Crippen MR) is 122 cm³/mol. The molecule has 0 aliphatic carbocycles. The van der Waals surface area contributed by atoms with Crippen LogP contribution >= 0.6 is 0 Å². The summed E-state index contributed by atoms with van der Waals surface area (Å²) in [6.07, 6.45) is 0.435. The minimum Gasteiger partial charge on any atom is -0.366 e. The smallest absolute Gasteiger partial charge is 0.249 e. The average Bonchev–Trinajstić information content (AvgIpc) is 2.81. The Morgan fingerprint density at radius 3 is 2.25 bits per heavy atom. The topological polar surface area (TPSA) is 92.5 Å². The van der Waals surface area contributed by atoms with Crippen molar-refractivity contribution >= 4 is 17.7 Å². The first-order valence-electron chi connectivity index (χ1n) is 10.6. The number of hydrogen-bond acceptors (Lipinski definition) is 3. The molecule has 2 unspecified atom stereocenters. The molecule has 0 aromatic heterocycles. The number of hydrogen-bond donors (Lipinski definition) is 2. The molecule has 4 rings (SSSR count). The molecule has 0 saturated carbocycles. The van der Waals surface area contributed by atoms with Crippen molar-refractivity contribution in [1.29, 1.82) is 0 Å². The van der Waals surface area contributed by atoms with Gasteiger partial charge in [0.25, 0.3) is 0 Å². The quantitative estimate of drug-likeness (QED) is 0.634. The normalized spacial score (nSPS) is 18.3. The highest BCUT2D eigenvalue weighted by atomic mass is 16.2. The summed E-state index contributed by atoms with van der Waals surface area (Å²) in [4.78, 5) is 39.4. The lowest BCUT2D eigenvalue weighted by Gasteiger charge is -2.37. The largest absolute Gasteiger partial charge is 0.366 e. The highest BCUT2D eigenvalue weighted by Gasteiger charge is 2.38. The number of carbonyl (C=O) groups excluding carboxylic acids is 3. The van der Waals surface area contributed by atoms with E-state index in [-0.39, 0.29) is 18.4 Å². The summed E-state index contributed by atoms with van der Waals surface area (Å²) in [5.74, 6) is -0.816. The van der Waals surface area contributed by atoms with Crippen molar-refractivity contribution in [3.63, 3.8) is 0 Å². The maximum atomic E-state index is 13.3. The van der Waals surface area contributed by atoms with E-state index in [1.165, 1.54) is 0 Å². The van der Waals surface area contributed by atoms with Gasteiger partial charge in [-0.2, -0.15) is 0 Å². The summed E-state index contributed by atoms with van der Waals surface area (Å²) >= 11 is 0. The number of amides is 3. The number of carbonyl (C=O) groups is 3. The second kappa shape index (κ2) is 9.06. The van der Waals surface area contributed by atoms with Crippen LogP contribution in [-0.2, 0) is 22.6 Å². The highest BCUT2D eigenvalue weighted by molar-refractivity contribution is 6.00. The van der Waals surface area contributed by atoms with E-state index in [0.29, 0.717) is 17.5 Å². The fourth-order valence-corrected chi connectivity index (χ4v) is 4.05. The number of rotatable bonds is 6. The van der Waals surface area contributed by atoms with Crippen LogP contribution in [0.2, 0.25) is 0 Å². The standard InChI is InChI=1S/C26H25N3O3/c1-17-25(31)28-23(15-18-8-4-2-5-9-18)26(32)29(17)16-19-12-13-21(24(27)30)22(14-19)20-10-6-3-7-11-20/h2-14,17,23H,15-16H2,1H3,(H2,27,30)(H,28,31). The summed E-state index contributed by atoms with van der Waals surface area (Å²) in [5.41, 5.74) is 9.37. The van der Waals surface area contributed by atoms with E-state index in [0.717, 1.165) is 16.7 Å². The molecule has 0 radical (unpaired) electrons. The Labute approximate surface area is 187 Å². The van der Waals surface area contributed by atoms with E-state index in [2.05, 4.69) is 5.32 Å². The Hall–Kier alpha value is -3.93. The lowest BCUT2D eigenvalue weighted by molar-refractivity contribution is -0.149. The van der Waals surface area contributed by atoms with Crippen molar-refractivity contribution in [3.05, 3.63) is 95.6 Å². The Balaban J connectivity index is 1.62. The Bertz CT molecular complexity index is 1150. The monoisotopic (exact) mass is 427 g/mol. The van der Waals surface area contributed by atoms with Gasteiger partial charge in [-0.05, 0) is 41.3 Å². The lowest BCUT2D eigenvalue weighted by Crippen LogP contribution is -2.62. The number of primary amides is 1. The van der Waals surface area contributed by atoms with Crippen LogP contribution in [-0.4, -0.2) is 34.7 Å². The summed E-state index contributed by atoms with van der Waals surface area (Å²) in [7, 11) is 0. The van der Waals surface area contributed by atoms with Crippen LogP contribution in [0.1, 0.15) is 28.4 Å². The summed E-state index contributed by atoms with van der Waals surface area (Å²) in [6.45, 7) is 1.99. The third-order valence-corrected chi connectivity index (χ3v) is 5.81. The van der Waals surface area contributed by atoms with Gasteiger partial charge in [-0.1, -0.05) is 66.7 Å². The predicted octanol–water partition coefficient (Wildman–Crippen LogP) is 2.91. The van der Waals surface area contributed by atoms with Crippen molar-refractivity contribution in [2.75, 3.05) is 0 Å². The number of piperazine rings is 1. The van der Waals surface area contributed by atoms with Crippen molar-refractivity contribution in [3.8, 4) is 11.1 Å². The lowest BCUT2D eigenvalue weighted by atomic mass is 9.95. The Kier molecular flexibility index (Phi) is 6.03. The van der Waals surface area contributed by atoms with Gasteiger partial charge >= 0.3 is 0 Å². The van der Waals surface area contributed by atoms with E-state index in [1.807, 2.05) is 66.7 Å². The van der Waals surface area contributed by atoms with Gasteiger partial charge in [-0.3, -0.25) is 14.4 Å².